The van der Waals surface area contributed by atoms with E-state index >= 15 is 0 Å². The van der Waals surface area contributed by atoms with Crippen molar-refractivity contribution in [2.24, 2.45) is 0 Å². The van der Waals surface area contributed by atoms with Crippen LogP contribution in [0.1, 0.15) is 10.6 Å². The number of nitrogens with one attached hydrogen (secondary N) is 1. The van der Waals surface area contributed by atoms with Gasteiger partial charge in [-0.2, -0.15) is 0 Å². The molecule has 25 heavy (non-hydrogen) atoms. The summed E-state index contributed by atoms with van der Waals surface area (Å²) in [6, 6.07) is 18.7. The van der Waals surface area contributed by atoms with Crippen molar-refractivity contribution in [1.82, 2.24) is 4.98 Å². The third-order valence-corrected chi connectivity index (χ3v) is 3.81. The Hall–Kier alpha value is -3.47. The van der Waals surface area contributed by atoms with Crippen molar-refractivity contribution in [3.63, 3.8) is 0 Å². The van der Waals surface area contributed by atoms with Gasteiger partial charge in [0.25, 0.3) is 5.91 Å². The molecule has 2 heterocycles. The van der Waals surface area contributed by atoms with Gasteiger partial charge in [0, 0.05) is 10.9 Å². The molecular weight excluding hydrogens is 319 g/mol. The lowest BCUT2D eigenvalue weighted by Gasteiger charge is -2.04. The van der Waals surface area contributed by atoms with Crippen LogP contribution in [-0.4, -0.2) is 10.9 Å². The van der Waals surface area contributed by atoms with Gasteiger partial charge < -0.3 is 9.73 Å². The largest absolute Gasteiger partial charge is 0.451 e. The molecule has 2 aromatic heterocycles. The predicted molar refractivity (Wildman–Crippen MR) is 93.8 cm³/mol. The van der Waals surface area contributed by atoms with Crippen molar-refractivity contribution in [3.8, 4) is 11.3 Å². The number of rotatable bonds is 3. The molecule has 0 saturated heterocycles. The van der Waals surface area contributed by atoms with Crippen LogP contribution in [0, 0.1) is 5.82 Å². The number of aromatic nitrogens is 1. The van der Waals surface area contributed by atoms with Gasteiger partial charge in [-0.15, -0.1) is 0 Å². The number of hydrogen-bond donors (Lipinski definition) is 1. The van der Waals surface area contributed by atoms with E-state index in [0.717, 1.165) is 10.9 Å². The number of anilines is 1. The Morgan fingerprint density at radius 2 is 1.80 bits per heavy atom. The minimum Gasteiger partial charge on any atom is -0.451 e. The number of hydrogen-bond acceptors (Lipinski definition) is 3. The molecule has 4 rings (SSSR count). The van der Waals surface area contributed by atoms with Crippen molar-refractivity contribution in [2.75, 3.05) is 5.32 Å². The van der Waals surface area contributed by atoms with Crippen LogP contribution in [0.4, 0.5) is 10.1 Å². The van der Waals surface area contributed by atoms with E-state index in [1.807, 2.05) is 30.3 Å². The van der Waals surface area contributed by atoms with Gasteiger partial charge in [0.15, 0.2) is 5.76 Å². The zero-order chi connectivity index (χ0) is 17.2. The van der Waals surface area contributed by atoms with E-state index in [-0.39, 0.29) is 17.5 Å². The molecule has 2 aromatic carbocycles. The summed E-state index contributed by atoms with van der Waals surface area (Å²) in [5.41, 5.74) is 2.15. The molecule has 0 unspecified atom stereocenters. The summed E-state index contributed by atoms with van der Waals surface area (Å²) in [6.45, 7) is 0. The first-order chi connectivity index (χ1) is 12.2. The lowest BCUT2D eigenvalue weighted by atomic mass is 10.2. The molecule has 0 bridgehead atoms. The Kier molecular flexibility index (Phi) is 3.74. The highest BCUT2D eigenvalue weighted by Gasteiger charge is 2.13. The Balaban J connectivity index is 1.55. The monoisotopic (exact) mass is 332 g/mol. The van der Waals surface area contributed by atoms with E-state index in [4.69, 9.17) is 4.42 Å². The summed E-state index contributed by atoms with van der Waals surface area (Å²) in [7, 11) is 0. The molecule has 4 nitrogen and oxygen atoms in total. The second-order valence-corrected chi connectivity index (χ2v) is 5.54. The summed E-state index contributed by atoms with van der Waals surface area (Å²) >= 11 is 0. The highest BCUT2D eigenvalue weighted by molar-refractivity contribution is 6.03. The minimum absolute atomic E-state index is 0.174. The maximum atomic E-state index is 13.0. The first-order valence-electron chi connectivity index (χ1n) is 7.71. The summed E-state index contributed by atoms with van der Waals surface area (Å²) in [4.78, 5) is 16.7. The normalized spacial score (nSPS) is 10.8. The van der Waals surface area contributed by atoms with E-state index in [9.17, 15) is 9.18 Å². The van der Waals surface area contributed by atoms with Crippen LogP contribution in [0.3, 0.4) is 0 Å². The van der Waals surface area contributed by atoms with Crippen molar-refractivity contribution in [2.45, 2.75) is 0 Å². The van der Waals surface area contributed by atoms with E-state index in [1.54, 1.807) is 30.5 Å². The number of carbonyl (C=O) groups excluding carboxylic acids is 1. The average Bonchev–Trinajstić information content (AvgIpc) is 3.12. The first-order valence-corrected chi connectivity index (χ1v) is 7.71. The number of amides is 1. The zero-order valence-corrected chi connectivity index (χ0v) is 13.1. The third kappa shape index (κ3) is 3.12. The Labute approximate surface area is 142 Å². The number of para-hydroxylation sites is 1. The fourth-order valence-electron chi connectivity index (χ4n) is 2.56. The van der Waals surface area contributed by atoms with Gasteiger partial charge in [-0.3, -0.25) is 9.78 Å². The number of furan rings is 1. The molecule has 0 radical (unpaired) electrons. The molecule has 0 aliphatic carbocycles. The van der Waals surface area contributed by atoms with Crippen molar-refractivity contribution in [1.29, 1.82) is 0 Å². The second kappa shape index (κ2) is 6.20. The van der Waals surface area contributed by atoms with Crippen LogP contribution in [0.5, 0.6) is 0 Å². The van der Waals surface area contributed by atoms with Crippen molar-refractivity contribution >= 4 is 22.5 Å². The standard InChI is InChI=1S/C20H13FN2O2/c21-15-7-5-13(6-8-15)18-9-10-19(25-18)20(24)23-16-11-14-3-1-2-4-17(14)22-12-16/h1-12H,(H,23,24). The molecule has 0 spiro atoms. The number of fused-ring (bicyclic) bond motifs is 1. The molecule has 4 aromatic rings. The first kappa shape index (κ1) is 15.1. The Morgan fingerprint density at radius 1 is 1.00 bits per heavy atom. The fraction of sp³-hybridized carbons (Fsp3) is 0. The van der Waals surface area contributed by atoms with Gasteiger partial charge in [0.05, 0.1) is 17.4 Å². The molecule has 0 saturated carbocycles. The van der Waals surface area contributed by atoms with Crippen LogP contribution >= 0.6 is 0 Å². The Bertz CT molecular complexity index is 1050. The smallest absolute Gasteiger partial charge is 0.291 e. The second-order valence-electron chi connectivity index (χ2n) is 5.54. The van der Waals surface area contributed by atoms with Gasteiger partial charge in [0.1, 0.15) is 11.6 Å². The van der Waals surface area contributed by atoms with E-state index in [2.05, 4.69) is 10.3 Å². The predicted octanol–water partition coefficient (Wildman–Crippen LogP) is 4.89. The van der Waals surface area contributed by atoms with Crippen LogP contribution in [0.25, 0.3) is 22.2 Å². The maximum Gasteiger partial charge on any atom is 0.291 e. The SMILES string of the molecule is O=C(Nc1cnc2ccccc2c1)c1ccc(-c2ccc(F)cc2)o1. The van der Waals surface area contributed by atoms with Gasteiger partial charge in [-0.1, -0.05) is 18.2 Å². The molecule has 1 N–H and O–H groups in total. The highest BCUT2D eigenvalue weighted by Crippen LogP contribution is 2.23. The molecule has 5 heteroatoms. The lowest BCUT2D eigenvalue weighted by Crippen LogP contribution is -2.10. The number of carbonyl (C=O) groups is 1. The summed E-state index contributed by atoms with van der Waals surface area (Å²) in [5, 5.41) is 3.71. The average molecular weight is 332 g/mol. The maximum absolute atomic E-state index is 13.0. The summed E-state index contributed by atoms with van der Waals surface area (Å²) in [5.74, 6) is -0.0169. The Morgan fingerprint density at radius 3 is 2.64 bits per heavy atom. The summed E-state index contributed by atoms with van der Waals surface area (Å²) < 4.78 is 18.6. The van der Waals surface area contributed by atoms with Crippen molar-refractivity contribution < 1.29 is 13.6 Å². The molecule has 0 fully saturated rings. The van der Waals surface area contributed by atoms with Crippen LogP contribution < -0.4 is 5.32 Å². The van der Waals surface area contributed by atoms with Gasteiger partial charge in [-0.05, 0) is 48.5 Å². The topological polar surface area (TPSA) is 55.1 Å². The van der Waals surface area contributed by atoms with Crippen LogP contribution in [-0.2, 0) is 0 Å². The number of halogens is 1. The quantitative estimate of drug-likeness (QED) is 0.581. The van der Waals surface area contributed by atoms with Gasteiger partial charge in [-0.25, -0.2) is 4.39 Å². The molecule has 0 atom stereocenters. The fourth-order valence-corrected chi connectivity index (χ4v) is 2.56. The molecule has 122 valence electrons. The van der Waals surface area contributed by atoms with Gasteiger partial charge >= 0.3 is 0 Å². The van der Waals surface area contributed by atoms with Crippen LogP contribution in [0.15, 0.2) is 77.3 Å². The van der Waals surface area contributed by atoms with Crippen LogP contribution in [0.2, 0.25) is 0 Å². The number of pyridine rings is 1. The van der Waals surface area contributed by atoms with Gasteiger partial charge in [0.2, 0.25) is 0 Å². The lowest BCUT2D eigenvalue weighted by molar-refractivity contribution is 0.0997. The molecular formula is C20H13FN2O2. The summed E-state index contributed by atoms with van der Waals surface area (Å²) in [6.07, 6.45) is 1.60. The third-order valence-electron chi connectivity index (χ3n) is 3.81. The molecule has 0 aliphatic rings. The zero-order valence-electron chi connectivity index (χ0n) is 13.1. The van der Waals surface area contributed by atoms with E-state index < -0.39 is 0 Å². The highest BCUT2D eigenvalue weighted by atomic mass is 19.1. The molecule has 0 aliphatic heterocycles. The minimum atomic E-state index is -0.370. The molecule has 1 amide bonds. The van der Waals surface area contributed by atoms with E-state index in [1.165, 1.54) is 12.1 Å². The number of nitrogens with zero attached hydrogens (tertiary/aromatic N) is 1. The van der Waals surface area contributed by atoms with Crippen molar-refractivity contribution in [3.05, 3.63) is 84.5 Å². The number of benzene rings is 2. The van der Waals surface area contributed by atoms with E-state index in [0.29, 0.717) is 17.0 Å².